The number of carbonyl (C=O) groups is 1. The van der Waals surface area contributed by atoms with Crippen molar-refractivity contribution in [2.45, 2.75) is 58.4 Å². The normalized spacial score (nSPS) is 17.4. The average Bonchev–Trinajstić information content (AvgIpc) is 2.57. The lowest BCUT2D eigenvalue weighted by atomic mass is 9.81. The summed E-state index contributed by atoms with van der Waals surface area (Å²) in [7, 11) is 0. The summed E-state index contributed by atoms with van der Waals surface area (Å²) in [5.74, 6) is 0.425. The number of ether oxygens (including phenoxy) is 1. The highest BCUT2D eigenvalue weighted by molar-refractivity contribution is 9.10. The molecule has 2 rings (SSSR count). The van der Waals surface area contributed by atoms with Crippen molar-refractivity contribution in [2.75, 3.05) is 11.9 Å². The van der Waals surface area contributed by atoms with Gasteiger partial charge in [-0.1, -0.05) is 40.8 Å². The van der Waals surface area contributed by atoms with Crippen LogP contribution >= 0.6 is 15.9 Å². The maximum Gasteiger partial charge on any atom is 0.330 e. The van der Waals surface area contributed by atoms with Crippen LogP contribution in [-0.2, 0) is 9.53 Å². The van der Waals surface area contributed by atoms with Crippen molar-refractivity contribution < 1.29 is 9.53 Å². The summed E-state index contributed by atoms with van der Waals surface area (Å²) in [5, 5.41) is 3.70. The van der Waals surface area contributed by atoms with Gasteiger partial charge >= 0.3 is 5.97 Å². The molecule has 1 atom stereocenters. The molecule has 0 unspecified atom stereocenters. The summed E-state index contributed by atoms with van der Waals surface area (Å²) in [6.07, 6.45) is 9.01. The van der Waals surface area contributed by atoms with Gasteiger partial charge in [0, 0.05) is 22.3 Å². The fourth-order valence-corrected chi connectivity index (χ4v) is 3.69. The Hall–Kier alpha value is -1.29. The lowest BCUT2D eigenvalue weighted by molar-refractivity contribution is -0.137. The van der Waals surface area contributed by atoms with Crippen LogP contribution in [0.3, 0.4) is 0 Å². The first-order valence-corrected chi connectivity index (χ1v) is 9.74. The summed E-state index contributed by atoms with van der Waals surface area (Å²) >= 11 is 3.48. The van der Waals surface area contributed by atoms with Crippen LogP contribution in [0.25, 0.3) is 0 Å². The number of anilines is 1. The third kappa shape index (κ3) is 6.31. The zero-order valence-electron chi connectivity index (χ0n) is 14.7. The number of hydrogen-bond donors (Lipinski definition) is 1. The Balaban J connectivity index is 2.07. The molecule has 0 spiro atoms. The van der Waals surface area contributed by atoms with Crippen LogP contribution in [0.2, 0.25) is 0 Å². The molecule has 1 aromatic carbocycles. The molecular formula is C20H28BrNO2. The maximum absolute atomic E-state index is 11.7. The molecule has 24 heavy (non-hydrogen) atoms. The van der Waals surface area contributed by atoms with Crippen LogP contribution < -0.4 is 5.32 Å². The highest BCUT2D eigenvalue weighted by Crippen LogP contribution is 2.31. The van der Waals surface area contributed by atoms with Gasteiger partial charge in [0.15, 0.2) is 0 Å². The van der Waals surface area contributed by atoms with E-state index in [1.165, 1.54) is 32.1 Å². The molecule has 0 heterocycles. The number of esters is 1. The van der Waals surface area contributed by atoms with Crippen LogP contribution in [-0.4, -0.2) is 18.6 Å². The minimum absolute atomic E-state index is 0.235. The van der Waals surface area contributed by atoms with Gasteiger partial charge in [-0.3, -0.25) is 0 Å². The van der Waals surface area contributed by atoms with Gasteiger partial charge in [-0.15, -0.1) is 0 Å². The SMILES string of the molecule is CCOC(=O)/C=C(\C)C[C@H](Nc1ccc(Br)cc1)C1CCCCC1. The second-order valence-electron chi connectivity index (χ2n) is 6.60. The molecule has 1 aliphatic carbocycles. The molecule has 1 fully saturated rings. The Bertz CT molecular complexity index is 547. The van der Waals surface area contributed by atoms with Gasteiger partial charge in [-0.25, -0.2) is 4.79 Å². The molecule has 3 nitrogen and oxygen atoms in total. The number of halogens is 1. The summed E-state index contributed by atoms with van der Waals surface area (Å²) < 4.78 is 6.11. The van der Waals surface area contributed by atoms with E-state index in [2.05, 4.69) is 45.5 Å². The Morgan fingerprint density at radius 3 is 2.58 bits per heavy atom. The molecule has 132 valence electrons. The smallest absolute Gasteiger partial charge is 0.330 e. The molecule has 1 aliphatic rings. The zero-order chi connectivity index (χ0) is 17.4. The first-order chi connectivity index (χ1) is 11.6. The van der Waals surface area contributed by atoms with E-state index in [4.69, 9.17) is 4.74 Å². The first-order valence-electron chi connectivity index (χ1n) is 8.94. The highest BCUT2D eigenvalue weighted by atomic mass is 79.9. The quantitative estimate of drug-likeness (QED) is 0.476. The van der Waals surface area contributed by atoms with Crippen molar-refractivity contribution in [2.24, 2.45) is 5.92 Å². The van der Waals surface area contributed by atoms with Gasteiger partial charge in [0.05, 0.1) is 6.61 Å². The Labute approximate surface area is 154 Å². The van der Waals surface area contributed by atoms with Gasteiger partial charge in [-0.2, -0.15) is 0 Å². The molecule has 4 heteroatoms. The van der Waals surface area contributed by atoms with Crippen LogP contribution in [0.4, 0.5) is 5.69 Å². The summed E-state index contributed by atoms with van der Waals surface area (Å²) in [6.45, 7) is 4.28. The standard InChI is InChI=1S/C20H28BrNO2/c1-3-24-20(23)14-15(2)13-19(16-7-5-4-6-8-16)22-18-11-9-17(21)10-12-18/h9-12,14,16,19,22H,3-8,13H2,1-2H3/b15-14+/t19-/m0/s1. The minimum Gasteiger partial charge on any atom is -0.463 e. The van der Waals surface area contributed by atoms with E-state index in [0.717, 1.165) is 22.2 Å². The van der Waals surface area contributed by atoms with E-state index in [1.54, 1.807) is 6.08 Å². The van der Waals surface area contributed by atoms with Crippen LogP contribution in [0, 0.1) is 5.92 Å². The fourth-order valence-electron chi connectivity index (χ4n) is 3.42. The van der Waals surface area contributed by atoms with E-state index in [-0.39, 0.29) is 5.97 Å². The largest absolute Gasteiger partial charge is 0.463 e. The van der Waals surface area contributed by atoms with Gasteiger partial charge in [0.1, 0.15) is 0 Å². The fraction of sp³-hybridized carbons (Fsp3) is 0.550. The minimum atomic E-state index is -0.235. The molecule has 1 saturated carbocycles. The second kappa shape index (κ2) is 9.87. The predicted molar refractivity (Wildman–Crippen MR) is 103 cm³/mol. The predicted octanol–water partition coefficient (Wildman–Crippen LogP) is 5.71. The summed E-state index contributed by atoms with van der Waals surface area (Å²) in [6, 6.07) is 8.68. The molecule has 0 amide bonds. The van der Waals surface area contributed by atoms with Crippen LogP contribution in [0.15, 0.2) is 40.4 Å². The number of nitrogens with one attached hydrogen (secondary N) is 1. The maximum atomic E-state index is 11.7. The topological polar surface area (TPSA) is 38.3 Å². The molecule has 0 aromatic heterocycles. The van der Waals surface area contributed by atoms with Crippen molar-refractivity contribution in [1.29, 1.82) is 0 Å². The van der Waals surface area contributed by atoms with Crippen molar-refractivity contribution in [3.05, 3.63) is 40.4 Å². The van der Waals surface area contributed by atoms with E-state index >= 15 is 0 Å². The third-order valence-electron chi connectivity index (χ3n) is 4.61. The van der Waals surface area contributed by atoms with Gasteiger partial charge in [-0.05, 0) is 63.3 Å². The Morgan fingerprint density at radius 1 is 1.29 bits per heavy atom. The second-order valence-corrected chi connectivity index (χ2v) is 7.52. The van der Waals surface area contributed by atoms with Gasteiger partial charge in [0.25, 0.3) is 0 Å². The lowest BCUT2D eigenvalue weighted by Gasteiger charge is -2.32. The van der Waals surface area contributed by atoms with Gasteiger partial charge in [0.2, 0.25) is 0 Å². The Morgan fingerprint density at radius 2 is 1.96 bits per heavy atom. The van der Waals surface area contributed by atoms with Crippen molar-refractivity contribution in [1.82, 2.24) is 0 Å². The molecule has 0 bridgehead atoms. The van der Waals surface area contributed by atoms with Crippen molar-refractivity contribution in [3.63, 3.8) is 0 Å². The van der Waals surface area contributed by atoms with Crippen LogP contribution in [0.5, 0.6) is 0 Å². The molecule has 0 aliphatic heterocycles. The Kier molecular flexibility index (Phi) is 7.83. The molecule has 0 saturated heterocycles. The lowest BCUT2D eigenvalue weighted by Crippen LogP contribution is -2.31. The first kappa shape index (κ1) is 19.0. The summed E-state index contributed by atoms with van der Waals surface area (Å²) in [4.78, 5) is 11.7. The van der Waals surface area contributed by atoms with Crippen molar-refractivity contribution >= 4 is 27.6 Å². The highest BCUT2D eigenvalue weighted by Gasteiger charge is 2.24. The number of benzene rings is 1. The van der Waals surface area contributed by atoms with E-state index < -0.39 is 0 Å². The third-order valence-corrected chi connectivity index (χ3v) is 5.14. The summed E-state index contributed by atoms with van der Waals surface area (Å²) in [5.41, 5.74) is 2.21. The molecule has 0 radical (unpaired) electrons. The van der Waals surface area contributed by atoms with Gasteiger partial charge < -0.3 is 10.1 Å². The molecular weight excluding hydrogens is 366 g/mol. The van der Waals surface area contributed by atoms with E-state index in [0.29, 0.717) is 18.6 Å². The molecule has 1 N–H and O–H groups in total. The zero-order valence-corrected chi connectivity index (χ0v) is 16.3. The monoisotopic (exact) mass is 393 g/mol. The van der Waals surface area contributed by atoms with Crippen molar-refractivity contribution in [3.8, 4) is 0 Å². The number of carbonyl (C=O) groups excluding carboxylic acids is 1. The van der Waals surface area contributed by atoms with E-state index in [9.17, 15) is 4.79 Å². The average molecular weight is 394 g/mol. The van der Waals surface area contributed by atoms with E-state index in [1.807, 2.05) is 13.8 Å². The number of hydrogen-bond acceptors (Lipinski definition) is 3. The van der Waals surface area contributed by atoms with Crippen LogP contribution in [0.1, 0.15) is 52.4 Å². The molecule has 1 aromatic rings. The number of rotatable bonds is 7.